The molecule has 0 radical (unpaired) electrons. The molecular weight excluding hydrogens is 281 g/mol. The Bertz CT molecular complexity index is 699. The number of hydrogen-bond donors (Lipinski definition) is 1. The smallest absolute Gasteiger partial charge is 0.335 e. The normalized spacial score (nSPS) is 14.6. The van der Waals surface area contributed by atoms with E-state index in [1.165, 1.54) is 6.07 Å². The van der Waals surface area contributed by atoms with Crippen LogP contribution in [0.3, 0.4) is 0 Å². The molecule has 3 nitrogen and oxygen atoms in total. The van der Waals surface area contributed by atoms with Gasteiger partial charge in [-0.05, 0) is 36.1 Å². The summed E-state index contributed by atoms with van der Waals surface area (Å²) >= 11 is 0. The molecule has 0 aromatic heterocycles. The highest BCUT2D eigenvalue weighted by molar-refractivity contribution is 5.89. The third-order valence-corrected chi connectivity index (χ3v) is 4.24. The zero-order valence-corrected chi connectivity index (χ0v) is 12.3. The lowest BCUT2D eigenvalue weighted by atomic mass is 9.98. The van der Waals surface area contributed by atoms with Crippen LogP contribution in [0.5, 0.6) is 0 Å². The monoisotopic (exact) mass is 299 g/mol. The van der Waals surface area contributed by atoms with Crippen LogP contribution in [0.2, 0.25) is 0 Å². The fourth-order valence-electron chi connectivity index (χ4n) is 3.01. The van der Waals surface area contributed by atoms with Gasteiger partial charge in [0.05, 0.1) is 5.56 Å². The Kier molecular flexibility index (Phi) is 4.20. The number of carboxylic acid groups (broad SMARTS) is 1. The standard InChI is InChI=1S/C18H18FNO2/c19-17-7-3-5-14-9-11-20(12-16(14)17)10-8-13-4-1-2-6-15(13)18(21)22/h1-7H,8-12H2,(H,21,22). The topological polar surface area (TPSA) is 40.5 Å². The number of benzene rings is 2. The second-order valence-electron chi connectivity index (χ2n) is 5.62. The van der Waals surface area contributed by atoms with Crippen molar-refractivity contribution in [2.75, 3.05) is 13.1 Å². The highest BCUT2D eigenvalue weighted by Crippen LogP contribution is 2.22. The van der Waals surface area contributed by atoms with Crippen LogP contribution in [0, 0.1) is 5.82 Å². The summed E-state index contributed by atoms with van der Waals surface area (Å²) < 4.78 is 13.9. The quantitative estimate of drug-likeness (QED) is 0.943. The van der Waals surface area contributed by atoms with E-state index in [2.05, 4.69) is 4.90 Å². The van der Waals surface area contributed by atoms with E-state index in [1.54, 1.807) is 18.2 Å². The van der Waals surface area contributed by atoms with Gasteiger partial charge in [0, 0.05) is 25.2 Å². The van der Waals surface area contributed by atoms with E-state index in [0.717, 1.165) is 36.2 Å². The summed E-state index contributed by atoms with van der Waals surface area (Å²) in [6, 6.07) is 12.3. The second-order valence-corrected chi connectivity index (χ2v) is 5.62. The molecule has 1 aliphatic rings. The van der Waals surface area contributed by atoms with Crippen molar-refractivity contribution in [3.8, 4) is 0 Å². The lowest BCUT2D eigenvalue weighted by Crippen LogP contribution is -2.33. The van der Waals surface area contributed by atoms with Crippen molar-refractivity contribution in [2.24, 2.45) is 0 Å². The number of rotatable bonds is 4. The van der Waals surface area contributed by atoms with Crippen molar-refractivity contribution >= 4 is 5.97 Å². The maximum atomic E-state index is 13.9. The van der Waals surface area contributed by atoms with Crippen LogP contribution in [0.15, 0.2) is 42.5 Å². The molecule has 22 heavy (non-hydrogen) atoms. The third kappa shape index (κ3) is 3.02. The molecule has 0 amide bonds. The fraction of sp³-hybridized carbons (Fsp3) is 0.278. The number of carbonyl (C=O) groups is 1. The van der Waals surface area contributed by atoms with Gasteiger partial charge in [-0.15, -0.1) is 0 Å². The van der Waals surface area contributed by atoms with E-state index in [0.29, 0.717) is 18.5 Å². The van der Waals surface area contributed by atoms with E-state index < -0.39 is 5.97 Å². The van der Waals surface area contributed by atoms with Crippen LogP contribution in [-0.2, 0) is 19.4 Å². The minimum Gasteiger partial charge on any atom is -0.478 e. The van der Waals surface area contributed by atoms with Gasteiger partial charge in [-0.3, -0.25) is 4.90 Å². The molecule has 0 atom stereocenters. The molecule has 1 N–H and O–H groups in total. The van der Waals surface area contributed by atoms with E-state index in [1.807, 2.05) is 18.2 Å². The SMILES string of the molecule is O=C(O)c1ccccc1CCN1CCc2cccc(F)c2C1. The predicted molar refractivity (Wildman–Crippen MR) is 82.5 cm³/mol. The van der Waals surface area contributed by atoms with Crippen LogP contribution in [0.4, 0.5) is 4.39 Å². The van der Waals surface area contributed by atoms with Crippen molar-refractivity contribution in [1.82, 2.24) is 4.90 Å². The number of fused-ring (bicyclic) bond motifs is 1. The first kappa shape index (κ1) is 14.7. The van der Waals surface area contributed by atoms with Gasteiger partial charge in [-0.1, -0.05) is 30.3 Å². The Labute approximate surface area is 129 Å². The summed E-state index contributed by atoms with van der Waals surface area (Å²) in [6.45, 7) is 2.21. The summed E-state index contributed by atoms with van der Waals surface area (Å²) in [7, 11) is 0. The third-order valence-electron chi connectivity index (χ3n) is 4.24. The van der Waals surface area contributed by atoms with E-state index in [4.69, 9.17) is 0 Å². The van der Waals surface area contributed by atoms with Crippen molar-refractivity contribution < 1.29 is 14.3 Å². The molecule has 0 aliphatic carbocycles. The van der Waals surface area contributed by atoms with E-state index >= 15 is 0 Å². The zero-order valence-electron chi connectivity index (χ0n) is 12.3. The van der Waals surface area contributed by atoms with Crippen molar-refractivity contribution in [2.45, 2.75) is 19.4 Å². The fourth-order valence-corrected chi connectivity index (χ4v) is 3.01. The summed E-state index contributed by atoms with van der Waals surface area (Å²) in [5.74, 6) is -1.04. The maximum absolute atomic E-state index is 13.9. The van der Waals surface area contributed by atoms with Gasteiger partial charge in [0.1, 0.15) is 5.82 Å². The second kappa shape index (κ2) is 6.28. The lowest BCUT2D eigenvalue weighted by molar-refractivity contribution is 0.0695. The van der Waals surface area contributed by atoms with Crippen molar-refractivity contribution in [1.29, 1.82) is 0 Å². The Hall–Kier alpha value is -2.20. The molecule has 2 aromatic rings. The first-order chi connectivity index (χ1) is 10.6. The average molecular weight is 299 g/mol. The summed E-state index contributed by atoms with van der Waals surface area (Å²) in [5.41, 5.74) is 3.04. The van der Waals surface area contributed by atoms with Crippen LogP contribution in [0.1, 0.15) is 27.0 Å². The first-order valence-corrected chi connectivity index (χ1v) is 7.45. The van der Waals surface area contributed by atoms with Gasteiger partial charge in [0.2, 0.25) is 0 Å². The predicted octanol–water partition coefficient (Wildman–Crippen LogP) is 3.12. The molecule has 1 aliphatic heterocycles. The van der Waals surface area contributed by atoms with E-state index in [9.17, 15) is 14.3 Å². The number of aromatic carboxylic acids is 1. The van der Waals surface area contributed by atoms with Gasteiger partial charge >= 0.3 is 5.97 Å². The van der Waals surface area contributed by atoms with Crippen LogP contribution in [-0.4, -0.2) is 29.1 Å². The summed E-state index contributed by atoms with van der Waals surface area (Å²) in [6.07, 6.45) is 1.50. The highest BCUT2D eigenvalue weighted by Gasteiger charge is 2.19. The van der Waals surface area contributed by atoms with Gasteiger partial charge in [0.15, 0.2) is 0 Å². The van der Waals surface area contributed by atoms with Crippen molar-refractivity contribution in [3.63, 3.8) is 0 Å². The molecule has 0 unspecified atom stereocenters. The Morgan fingerprint density at radius 1 is 1.18 bits per heavy atom. The Balaban J connectivity index is 1.69. The Morgan fingerprint density at radius 3 is 2.82 bits per heavy atom. The Morgan fingerprint density at radius 2 is 2.00 bits per heavy atom. The molecular formula is C18H18FNO2. The van der Waals surface area contributed by atoms with Crippen LogP contribution >= 0.6 is 0 Å². The molecule has 2 aromatic carbocycles. The van der Waals surface area contributed by atoms with Gasteiger partial charge < -0.3 is 5.11 Å². The molecule has 1 heterocycles. The molecule has 0 fully saturated rings. The molecule has 0 saturated carbocycles. The first-order valence-electron chi connectivity index (χ1n) is 7.45. The van der Waals surface area contributed by atoms with Crippen molar-refractivity contribution in [3.05, 3.63) is 70.5 Å². The molecule has 0 bridgehead atoms. The van der Waals surface area contributed by atoms with Crippen LogP contribution in [0.25, 0.3) is 0 Å². The number of nitrogens with zero attached hydrogens (tertiary/aromatic N) is 1. The molecule has 0 spiro atoms. The lowest BCUT2D eigenvalue weighted by Gasteiger charge is -2.29. The molecule has 114 valence electrons. The minimum atomic E-state index is -0.898. The number of hydrogen-bond acceptors (Lipinski definition) is 2. The van der Waals surface area contributed by atoms with Gasteiger partial charge in [-0.2, -0.15) is 0 Å². The highest BCUT2D eigenvalue weighted by atomic mass is 19.1. The zero-order chi connectivity index (χ0) is 15.5. The molecule has 4 heteroatoms. The van der Waals surface area contributed by atoms with Gasteiger partial charge in [-0.25, -0.2) is 9.18 Å². The minimum absolute atomic E-state index is 0.145. The number of carboxylic acids is 1. The van der Waals surface area contributed by atoms with Gasteiger partial charge in [0.25, 0.3) is 0 Å². The maximum Gasteiger partial charge on any atom is 0.335 e. The largest absolute Gasteiger partial charge is 0.478 e. The number of halogens is 1. The average Bonchev–Trinajstić information content (AvgIpc) is 2.53. The summed E-state index contributed by atoms with van der Waals surface area (Å²) in [4.78, 5) is 13.4. The van der Waals surface area contributed by atoms with E-state index in [-0.39, 0.29) is 5.82 Å². The van der Waals surface area contributed by atoms with Crippen LogP contribution < -0.4 is 0 Å². The summed E-state index contributed by atoms with van der Waals surface area (Å²) in [5, 5.41) is 9.21. The molecule has 3 rings (SSSR count). The molecule has 0 saturated heterocycles.